The predicted octanol–water partition coefficient (Wildman–Crippen LogP) is -0.704. The van der Waals surface area contributed by atoms with Gasteiger partial charge < -0.3 is 0 Å². The Balaban J connectivity index is 4.56. The maximum absolute atomic E-state index is 11.2. The highest BCUT2D eigenvalue weighted by Crippen LogP contribution is 2.08. The predicted molar refractivity (Wildman–Crippen MR) is 48.7 cm³/mol. The zero-order valence-corrected chi connectivity index (χ0v) is 8.11. The molecule has 0 radical (unpaired) electrons. The van der Waals surface area contributed by atoms with E-state index >= 15 is 0 Å². The van der Waals surface area contributed by atoms with E-state index in [0.717, 1.165) is 0 Å². The number of nitrogens with one attached hydrogen (secondary N) is 1. The number of Topliss-reactive ketones (excluding diaryl/α,β-unsaturated/α-hetero) is 1. The smallest absolute Gasteiger partial charge is 0.288 e. The number of isocyanates is 1. The van der Waals surface area contributed by atoms with Crippen molar-refractivity contribution in [2.75, 3.05) is 0 Å². The fourth-order valence-electron chi connectivity index (χ4n) is 0.951. The van der Waals surface area contributed by atoms with Crippen molar-refractivity contribution in [2.45, 2.75) is 26.3 Å². The first kappa shape index (κ1) is 12.5. The Kier molecular flexibility index (Phi) is 5.36. The number of rotatable bonds is 5. The van der Waals surface area contributed by atoms with Gasteiger partial charge in [-0.05, 0) is 12.3 Å². The maximum Gasteiger partial charge on any atom is 0.303 e. The van der Waals surface area contributed by atoms with E-state index in [9.17, 15) is 14.4 Å². The minimum Gasteiger partial charge on any atom is -0.288 e. The molecule has 14 heavy (non-hydrogen) atoms. The average Bonchev–Trinajstić information content (AvgIpc) is 2.14. The quantitative estimate of drug-likeness (QED) is 0.152. The van der Waals surface area contributed by atoms with Gasteiger partial charge >= 0.3 is 5.91 Å². The Hall–Kier alpha value is -1.52. The second-order valence-corrected chi connectivity index (χ2v) is 3.20. The lowest BCUT2D eigenvalue weighted by Crippen LogP contribution is -2.41. The fraction of sp³-hybridized carbons (Fsp3) is 0.625. The van der Waals surface area contributed by atoms with Gasteiger partial charge in [-0.1, -0.05) is 13.8 Å². The van der Waals surface area contributed by atoms with Crippen LogP contribution in [0.5, 0.6) is 0 Å². The first-order chi connectivity index (χ1) is 6.52. The average molecular weight is 199 g/mol. The zero-order chi connectivity index (χ0) is 11.1. The van der Waals surface area contributed by atoms with Gasteiger partial charge in [0.2, 0.25) is 11.9 Å². The van der Waals surface area contributed by atoms with Crippen molar-refractivity contribution < 1.29 is 14.4 Å². The van der Waals surface area contributed by atoms with Gasteiger partial charge in [0.25, 0.3) is 0 Å². The Morgan fingerprint density at radius 2 is 2.07 bits per heavy atom. The molecular formula is C8H13N3O3. The van der Waals surface area contributed by atoms with Crippen molar-refractivity contribution in [3.05, 3.63) is 0 Å². The molecule has 0 aliphatic rings. The largest absolute Gasteiger partial charge is 0.303 e. The molecule has 0 aromatic heterocycles. The van der Waals surface area contributed by atoms with Crippen LogP contribution in [0.4, 0.5) is 0 Å². The highest BCUT2D eigenvalue weighted by atomic mass is 16.2. The van der Waals surface area contributed by atoms with Crippen LogP contribution in [-0.2, 0) is 14.4 Å². The Bertz CT molecular complexity index is 269. The summed E-state index contributed by atoms with van der Waals surface area (Å²) in [5, 5.41) is 0. The van der Waals surface area contributed by atoms with Gasteiger partial charge in [-0.25, -0.2) is 10.6 Å². The fourth-order valence-corrected chi connectivity index (χ4v) is 0.951. The molecule has 78 valence electrons. The Morgan fingerprint density at radius 1 is 1.50 bits per heavy atom. The number of nitrogens with two attached hydrogens (primary N) is 1. The third-order valence-electron chi connectivity index (χ3n) is 1.56. The molecule has 6 heteroatoms. The van der Waals surface area contributed by atoms with Crippen LogP contribution in [0.15, 0.2) is 4.99 Å². The van der Waals surface area contributed by atoms with Crippen molar-refractivity contribution in [2.24, 2.45) is 16.8 Å². The number of nitrogens with zero attached hydrogens (tertiary/aromatic N) is 1. The molecule has 6 nitrogen and oxygen atoms in total. The number of carbonyl (C=O) groups excluding carboxylic acids is 3. The van der Waals surface area contributed by atoms with Crippen molar-refractivity contribution in [1.29, 1.82) is 0 Å². The van der Waals surface area contributed by atoms with Gasteiger partial charge in [0.15, 0.2) is 0 Å². The van der Waals surface area contributed by atoms with Gasteiger partial charge in [0, 0.05) is 0 Å². The summed E-state index contributed by atoms with van der Waals surface area (Å²) >= 11 is 0. The number of hydrogen-bond acceptors (Lipinski definition) is 5. The number of hydrazine groups is 1. The van der Waals surface area contributed by atoms with E-state index in [-0.39, 0.29) is 5.92 Å². The van der Waals surface area contributed by atoms with E-state index < -0.39 is 17.7 Å². The number of aliphatic imine (C=N–C) groups is 1. The van der Waals surface area contributed by atoms with Gasteiger partial charge in [-0.15, -0.1) is 0 Å². The standard InChI is InChI=1S/C8H13N3O3/c1-5(2)3-6(10-4-12)7(13)8(14)11-9/h5-6H,3,9H2,1-2H3,(H,11,14). The second kappa shape index (κ2) is 6.01. The van der Waals surface area contributed by atoms with Crippen molar-refractivity contribution >= 4 is 17.8 Å². The third kappa shape index (κ3) is 3.93. The summed E-state index contributed by atoms with van der Waals surface area (Å²) in [5.74, 6) is 3.16. The van der Waals surface area contributed by atoms with E-state index in [1.54, 1.807) is 5.43 Å². The molecule has 0 aliphatic carbocycles. The van der Waals surface area contributed by atoms with Gasteiger partial charge in [0.1, 0.15) is 6.04 Å². The number of hydrogen-bond donors (Lipinski definition) is 2. The summed E-state index contributed by atoms with van der Waals surface area (Å²) in [7, 11) is 0. The summed E-state index contributed by atoms with van der Waals surface area (Å²) in [6, 6.07) is -0.976. The van der Waals surface area contributed by atoms with Crippen LogP contribution in [0.25, 0.3) is 0 Å². The van der Waals surface area contributed by atoms with Crippen molar-refractivity contribution in [3.8, 4) is 0 Å². The Morgan fingerprint density at radius 3 is 2.43 bits per heavy atom. The second-order valence-electron chi connectivity index (χ2n) is 3.20. The molecule has 0 bridgehead atoms. The lowest BCUT2D eigenvalue weighted by molar-refractivity contribution is -0.138. The van der Waals surface area contributed by atoms with E-state index in [4.69, 9.17) is 5.84 Å². The molecule has 0 spiro atoms. The van der Waals surface area contributed by atoms with Crippen LogP contribution in [-0.4, -0.2) is 23.8 Å². The van der Waals surface area contributed by atoms with E-state index in [0.29, 0.717) is 6.42 Å². The summed E-state index contributed by atoms with van der Waals surface area (Å²) in [6.07, 6.45) is 1.59. The zero-order valence-electron chi connectivity index (χ0n) is 8.11. The third-order valence-corrected chi connectivity index (χ3v) is 1.56. The van der Waals surface area contributed by atoms with Gasteiger partial charge in [0.05, 0.1) is 0 Å². The number of carbonyl (C=O) groups is 2. The van der Waals surface area contributed by atoms with Crippen LogP contribution < -0.4 is 11.3 Å². The van der Waals surface area contributed by atoms with Crippen LogP contribution in [0.2, 0.25) is 0 Å². The van der Waals surface area contributed by atoms with Crippen molar-refractivity contribution in [1.82, 2.24) is 5.43 Å². The highest BCUT2D eigenvalue weighted by molar-refractivity contribution is 6.38. The van der Waals surface area contributed by atoms with Crippen LogP contribution in [0.1, 0.15) is 20.3 Å². The molecule has 0 aromatic carbocycles. The van der Waals surface area contributed by atoms with Gasteiger partial charge in [-0.3, -0.25) is 15.0 Å². The van der Waals surface area contributed by atoms with E-state index in [1.807, 2.05) is 13.8 Å². The lowest BCUT2D eigenvalue weighted by atomic mass is 10.0. The molecule has 0 aliphatic heterocycles. The summed E-state index contributed by atoms with van der Waals surface area (Å²) in [4.78, 5) is 35.3. The van der Waals surface area contributed by atoms with Crippen molar-refractivity contribution in [3.63, 3.8) is 0 Å². The van der Waals surface area contributed by atoms with E-state index in [2.05, 4.69) is 4.99 Å². The monoisotopic (exact) mass is 199 g/mol. The molecule has 3 N–H and O–H groups in total. The molecule has 0 aromatic rings. The Labute approximate surface area is 81.5 Å². The molecule has 0 saturated carbocycles. The number of amides is 1. The molecule has 1 amide bonds. The first-order valence-corrected chi connectivity index (χ1v) is 4.14. The van der Waals surface area contributed by atoms with Crippen LogP contribution >= 0.6 is 0 Å². The topological polar surface area (TPSA) is 102 Å². The molecule has 0 rings (SSSR count). The van der Waals surface area contributed by atoms with Gasteiger partial charge in [-0.2, -0.15) is 4.99 Å². The first-order valence-electron chi connectivity index (χ1n) is 4.14. The lowest BCUT2D eigenvalue weighted by Gasteiger charge is -2.10. The molecular weight excluding hydrogens is 186 g/mol. The van der Waals surface area contributed by atoms with E-state index in [1.165, 1.54) is 6.08 Å². The summed E-state index contributed by atoms with van der Waals surface area (Å²) < 4.78 is 0. The molecule has 0 heterocycles. The van der Waals surface area contributed by atoms with Crippen LogP contribution in [0.3, 0.4) is 0 Å². The number of ketones is 1. The maximum atomic E-state index is 11.2. The minimum atomic E-state index is -0.976. The van der Waals surface area contributed by atoms with Crippen LogP contribution in [0, 0.1) is 5.92 Å². The summed E-state index contributed by atoms with van der Waals surface area (Å²) in [6.45, 7) is 3.70. The molecule has 0 saturated heterocycles. The molecule has 0 fully saturated rings. The molecule has 1 atom stereocenters. The SMILES string of the molecule is CC(C)CC(N=C=O)C(=O)C(=O)NN. The molecule has 1 unspecified atom stereocenters. The highest BCUT2D eigenvalue weighted by Gasteiger charge is 2.24. The minimum absolute atomic E-state index is 0.145. The normalized spacial score (nSPS) is 11.7. The summed E-state index contributed by atoms with van der Waals surface area (Å²) in [5.41, 5.74) is 1.70.